The van der Waals surface area contributed by atoms with Crippen molar-refractivity contribution in [2.75, 3.05) is 52.5 Å². The molecule has 8 nitrogen and oxygen atoms in total. The van der Waals surface area contributed by atoms with Crippen molar-refractivity contribution in [3.8, 4) is 11.5 Å². The van der Waals surface area contributed by atoms with E-state index in [0.717, 1.165) is 56.3 Å². The Hall–Kier alpha value is -1.30. The largest absolute Gasteiger partial charge is 0.494 e. The fraction of sp³-hybridized carbons (Fsp3) is 0.696. The van der Waals surface area contributed by atoms with Gasteiger partial charge in [-0.2, -0.15) is 0 Å². The van der Waals surface area contributed by atoms with E-state index in [0.29, 0.717) is 32.2 Å². The Morgan fingerprint density at radius 1 is 1.28 bits per heavy atom. The Bertz CT molecular complexity index is 754. The van der Waals surface area contributed by atoms with Crippen LogP contribution in [0.2, 0.25) is 0 Å². The summed E-state index contributed by atoms with van der Waals surface area (Å²) in [4.78, 5) is 6.97. The molecule has 182 valence electrons. The van der Waals surface area contributed by atoms with Crippen LogP contribution in [0, 0.1) is 0 Å². The summed E-state index contributed by atoms with van der Waals surface area (Å²) in [5.74, 6) is 2.45. The number of aliphatic imine (C=N–C) groups is 1. The van der Waals surface area contributed by atoms with E-state index in [9.17, 15) is 5.11 Å². The fourth-order valence-corrected chi connectivity index (χ4v) is 3.97. The van der Waals surface area contributed by atoms with Crippen LogP contribution in [0.4, 0.5) is 0 Å². The molecule has 9 heteroatoms. The van der Waals surface area contributed by atoms with Crippen LogP contribution in [0.3, 0.4) is 0 Å². The van der Waals surface area contributed by atoms with Gasteiger partial charge in [-0.1, -0.05) is 0 Å². The molecule has 3 rings (SSSR count). The highest BCUT2D eigenvalue weighted by atomic mass is 127. The van der Waals surface area contributed by atoms with Gasteiger partial charge in [-0.15, -0.1) is 24.0 Å². The van der Waals surface area contributed by atoms with Crippen LogP contribution in [-0.2, 0) is 17.7 Å². The number of morpholine rings is 1. The van der Waals surface area contributed by atoms with Gasteiger partial charge in [-0.25, -0.2) is 4.99 Å². The molecule has 1 fully saturated rings. The normalized spacial score (nSPS) is 20.5. The van der Waals surface area contributed by atoms with Gasteiger partial charge in [0.1, 0.15) is 17.6 Å². The van der Waals surface area contributed by atoms with Crippen molar-refractivity contribution in [3.63, 3.8) is 0 Å². The highest BCUT2D eigenvalue weighted by Gasteiger charge is 2.26. The van der Waals surface area contributed by atoms with Crippen LogP contribution in [0.25, 0.3) is 0 Å². The zero-order chi connectivity index (χ0) is 22.3. The van der Waals surface area contributed by atoms with Gasteiger partial charge in [-0.3, -0.25) is 4.90 Å². The van der Waals surface area contributed by atoms with Crippen molar-refractivity contribution in [2.24, 2.45) is 4.99 Å². The third kappa shape index (κ3) is 7.93. The minimum atomic E-state index is -0.873. The highest BCUT2D eigenvalue weighted by Crippen LogP contribution is 2.35. The minimum absolute atomic E-state index is 0. The number of aliphatic hydroxyl groups is 1. The minimum Gasteiger partial charge on any atom is -0.494 e. The van der Waals surface area contributed by atoms with Crippen LogP contribution in [0.1, 0.15) is 38.8 Å². The maximum atomic E-state index is 10.8. The van der Waals surface area contributed by atoms with Crippen LogP contribution in [0.15, 0.2) is 17.1 Å². The molecule has 1 aromatic rings. The zero-order valence-electron chi connectivity index (χ0n) is 19.8. The van der Waals surface area contributed by atoms with Crippen molar-refractivity contribution < 1.29 is 19.3 Å². The number of fused-ring (bicyclic) bond motifs is 1. The molecule has 0 aliphatic carbocycles. The van der Waals surface area contributed by atoms with Gasteiger partial charge in [0.15, 0.2) is 5.96 Å². The average Bonchev–Trinajstić information content (AvgIpc) is 3.09. The molecule has 32 heavy (non-hydrogen) atoms. The lowest BCUT2D eigenvalue weighted by Crippen LogP contribution is -2.52. The standard InChI is InChI=1S/C23H38N4O4.HI/c1-5-24-22(26-15-23(4,28)16-27-7-9-29-10-8-27)25-14-19-13-21-18(11-17(3)31-21)12-20(19)30-6-2;/h12-13,17,28H,5-11,14-16H2,1-4H3,(H2,24,25,26);1H. The predicted octanol–water partition coefficient (Wildman–Crippen LogP) is 2.17. The second kappa shape index (κ2) is 12.8. The molecule has 2 aliphatic rings. The van der Waals surface area contributed by atoms with Crippen LogP contribution >= 0.6 is 24.0 Å². The molecular formula is C23H39IN4O4. The monoisotopic (exact) mass is 562 g/mol. The number of benzene rings is 1. The number of halogens is 1. The first kappa shape index (κ1) is 26.9. The third-order valence-corrected chi connectivity index (χ3v) is 5.44. The zero-order valence-corrected chi connectivity index (χ0v) is 22.1. The summed E-state index contributed by atoms with van der Waals surface area (Å²) in [7, 11) is 0. The van der Waals surface area contributed by atoms with Gasteiger partial charge < -0.3 is 30.0 Å². The SMILES string of the molecule is CCNC(=NCc1cc2c(cc1OCC)CC(C)O2)NCC(C)(O)CN1CCOCC1.I. The molecule has 2 aliphatic heterocycles. The summed E-state index contributed by atoms with van der Waals surface area (Å²) in [5, 5.41) is 17.4. The Labute approximate surface area is 209 Å². The molecule has 1 saturated heterocycles. The Morgan fingerprint density at radius 3 is 2.72 bits per heavy atom. The van der Waals surface area contributed by atoms with Crippen molar-refractivity contribution >= 4 is 29.9 Å². The van der Waals surface area contributed by atoms with E-state index in [-0.39, 0.29) is 30.1 Å². The van der Waals surface area contributed by atoms with Gasteiger partial charge in [0.2, 0.25) is 0 Å². The highest BCUT2D eigenvalue weighted by molar-refractivity contribution is 14.0. The van der Waals surface area contributed by atoms with Gasteiger partial charge in [-0.05, 0) is 39.8 Å². The topological polar surface area (TPSA) is 87.6 Å². The average molecular weight is 562 g/mol. The number of nitrogens with zero attached hydrogens (tertiary/aromatic N) is 2. The van der Waals surface area contributed by atoms with Gasteiger partial charge >= 0.3 is 0 Å². The first-order valence-corrected chi connectivity index (χ1v) is 11.4. The van der Waals surface area contributed by atoms with E-state index in [1.165, 1.54) is 5.56 Å². The molecule has 1 aromatic carbocycles. The molecule has 3 N–H and O–H groups in total. The van der Waals surface area contributed by atoms with Gasteiger partial charge in [0, 0.05) is 50.3 Å². The second-order valence-electron chi connectivity index (χ2n) is 8.57. The van der Waals surface area contributed by atoms with Gasteiger partial charge in [0.25, 0.3) is 0 Å². The number of nitrogens with one attached hydrogen (secondary N) is 2. The molecule has 2 atom stereocenters. The molecule has 0 bridgehead atoms. The molecule has 2 unspecified atom stereocenters. The van der Waals surface area contributed by atoms with E-state index < -0.39 is 5.60 Å². The summed E-state index contributed by atoms with van der Waals surface area (Å²) < 4.78 is 17.2. The summed E-state index contributed by atoms with van der Waals surface area (Å²) in [6.07, 6.45) is 1.09. The molecular weight excluding hydrogens is 523 g/mol. The maximum Gasteiger partial charge on any atom is 0.191 e. The Balaban J connectivity index is 0.00000363. The summed E-state index contributed by atoms with van der Waals surface area (Å²) >= 11 is 0. The van der Waals surface area contributed by atoms with Crippen molar-refractivity contribution in [1.82, 2.24) is 15.5 Å². The molecule has 0 aromatic heterocycles. The van der Waals surface area contributed by atoms with Crippen molar-refractivity contribution in [3.05, 3.63) is 23.3 Å². The Kier molecular flexibility index (Phi) is 10.8. The van der Waals surface area contributed by atoms with Crippen molar-refractivity contribution in [2.45, 2.75) is 52.4 Å². The van der Waals surface area contributed by atoms with Crippen LogP contribution in [-0.4, -0.2) is 80.2 Å². The van der Waals surface area contributed by atoms with E-state index in [4.69, 9.17) is 19.2 Å². The fourth-order valence-electron chi connectivity index (χ4n) is 3.97. The van der Waals surface area contributed by atoms with Crippen LogP contribution in [0.5, 0.6) is 11.5 Å². The number of ether oxygens (including phenoxy) is 3. The first-order valence-electron chi connectivity index (χ1n) is 11.4. The quantitative estimate of drug-likeness (QED) is 0.242. The van der Waals surface area contributed by atoms with E-state index in [1.54, 1.807) is 0 Å². The third-order valence-electron chi connectivity index (χ3n) is 5.44. The molecule has 0 spiro atoms. The second-order valence-corrected chi connectivity index (χ2v) is 8.57. The lowest BCUT2D eigenvalue weighted by molar-refractivity contribution is -0.0201. The predicted molar refractivity (Wildman–Crippen MR) is 138 cm³/mol. The smallest absolute Gasteiger partial charge is 0.191 e. The number of hydrogen-bond acceptors (Lipinski definition) is 6. The summed E-state index contributed by atoms with van der Waals surface area (Å²) in [6, 6.07) is 4.13. The number of β-amino-alcohol motifs (C(OH)–C–C–N with tert-alkyl or cyclic N) is 1. The summed E-state index contributed by atoms with van der Waals surface area (Å²) in [5.41, 5.74) is 1.31. The number of guanidine groups is 1. The lowest BCUT2D eigenvalue weighted by Gasteiger charge is -2.34. The molecule has 0 saturated carbocycles. The van der Waals surface area contributed by atoms with E-state index in [2.05, 4.69) is 28.5 Å². The molecule has 2 heterocycles. The van der Waals surface area contributed by atoms with E-state index in [1.807, 2.05) is 26.8 Å². The Morgan fingerprint density at radius 2 is 2.03 bits per heavy atom. The molecule has 0 radical (unpaired) electrons. The lowest BCUT2D eigenvalue weighted by atomic mass is 10.1. The maximum absolute atomic E-state index is 10.8. The first-order chi connectivity index (χ1) is 14.9. The molecule has 0 amide bonds. The number of rotatable bonds is 9. The van der Waals surface area contributed by atoms with Gasteiger partial charge in [0.05, 0.1) is 32.0 Å². The van der Waals surface area contributed by atoms with Crippen LogP contribution < -0.4 is 20.1 Å². The van der Waals surface area contributed by atoms with Crippen molar-refractivity contribution in [1.29, 1.82) is 0 Å². The van der Waals surface area contributed by atoms with E-state index >= 15 is 0 Å². The summed E-state index contributed by atoms with van der Waals surface area (Å²) in [6.45, 7) is 13.9. The number of hydrogen-bond donors (Lipinski definition) is 3.